The first-order valence-electron chi connectivity index (χ1n) is 6.34. The number of aryl methyl sites for hydroxylation is 2. The molecule has 0 aliphatic rings. The van der Waals surface area contributed by atoms with Crippen molar-refractivity contribution >= 4 is 45.9 Å². The van der Waals surface area contributed by atoms with Gasteiger partial charge in [0.25, 0.3) is 0 Å². The van der Waals surface area contributed by atoms with Gasteiger partial charge in [-0.3, -0.25) is 10.1 Å². The third-order valence-electron chi connectivity index (χ3n) is 2.62. The highest BCUT2D eigenvalue weighted by atomic mass is 32.2. The van der Waals surface area contributed by atoms with Gasteiger partial charge in [0.1, 0.15) is 0 Å². The van der Waals surface area contributed by atoms with Crippen LogP contribution in [0.3, 0.4) is 0 Å². The molecule has 0 radical (unpaired) electrons. The number of nitrogens with two attached hydrogens (primary N) is 1. The molecule has 1 aromatic heterocycles. The Morgan fingerprint density at radius 1 is 1.32 bits per heavy atom. The Kier molecular flexibility index (Phi) is 5.34. The number of carbonyl (C=O) groups is 2. The fourth-order valence-electron chi connectivity index (χ4n) is 1.69. The van der Waals surface area contributed by atoms with Crippen LogP contribution in [-0.4, -0.2) is 27.9 Å². The van der Waals surface area contributed by atoms with Crippen molar-refractivity contribution in [3.8, 4) is 0 Å². The van der Waals surface area contributed by atoms with Crippen LogP contribution in [0.15, 0.2) is 22.5 Å². The van der Waals surface area contributed by atoms with Gasteiger partial charge < -0.3 is 11.1 Å². The van der Waals surface area contributed by atoms with E-state index in [1.54, 1.807) is 0 Å². The maximum absolute atomic E-state index is 11.3. The Morgan fingerprint density at radius 2 is 2.09 bits per heavy atom. The molecule has 9 heteroatoms. The van der Waals surface area contributed by atoms with Gasteiger partial charge in [-0.2, -0.15) is 0 Å². The summed E-state index contributed by atoms with van der Waals surface area (Å²) < 4.78 is 0.631. The number of primary amides is 1. The van der Waals surface area contributed by atoms with Gasteiger partial charge in [-0.25, -0.2) is 4.79 Å². The van der Waals surface area contributed by atoms with Crippen LogP contribution >= 0.6 is 23.1 Å². The molecule has 0 unspecified atom stereocenters. The molecular weight excluding hydrogens is 322 g/mol. The van der Waals surface area contributed by atoms with Gasteiger partial charge in [0.2, 0.25) is 11.0 Å². The lowest BCUT2D eigenvalue weighted by Gasteiger charge is -2.06. The van der Waals surface area contributed by atoms with Crippen molar-refractivity contribution in [2.45, 2.75) is 18.2 Å². The number of anilines is 2. The summed E-state index contributed by atoms with van der Waals surface area (Å²) in [5.41, 5.74) is 8.13. The van der Waals surface area contributed by atoms with Crippen molar-refractivity contribution < 1.29 is 9.59 Å². The monoisotopic (exact) mass is 337 g/mol. The van der Waals surface area contributed by atoms with Crippen LogP contribution in [0, 0.1) is 13.8 Å². The molecule has 0 atom stereocenters. The van der Waals surface area contributed by atoms with E-state index in [1.807, 2.05) is 31.3 Å². The van der Waals surface area contributed by atoms with E-state index < -0.39 is 11.9 Å². The number of nitrogens with one attached hydrogen (secondary N) is 2. The zero-order valence-corrected chi connectivity index (χ0v) is 13.7. The summed E-state index contributed by atoms with van der Waals surface area (Å²) in [4.78, 5) is 21.8. The second-order valence-electron chi connectivity index (χ2n) is 4.52. The lowest BCUT2D eigenvalue weighted by molar-refractivity contribution is -0.117. The van der Waals surface area contributed by atoms with E-state index in [4.69, 9.17) is 5.73 Å². The first-order valence-corrected chi connectivity index (χ1v) is 8.14. The number of nitrogens with zero attached hydrogens (tertiary/aromatic N) is 2. The van der Waals surface area contributed by atoms with Crippen molar-refractivity contribution in [3.05, 3.63) is 29.3 Å². The number of carbonyl (C=O) groups excluding carboxylic acids is 2. The number of aromatic nitrogens is 2. The van der Waals surface area contributed by atoms with Gasteiger partial charge in [-0.1, -0.05) is 40.8 Å². The summed E-state index contributed by atoms with van der Waals surface area (Å²) in [6.07, 6.45) is 0. The summed E-state index contributed by atoms with van der Waals surface area (Å²) in [7, 11) is 0. The average molecular weight is 337 g/mol. The smallest absolute Gasteiger partial charge is 0.318 e. The van der Waals surface area contributed by atoms with Gasteiger partial charge in [-0.15, -0.1) is 10.2 Å². The Labute approximate surface area is 135 Å². The van der Waals surface area contributed by atoms with E-state index in [0.717, 1.165) is 11.3 Å². The second-order valence-corrected chi connectivity index (χ2v) is 6.72. The number of thioether (sulfide) groups is 1. The standard InChI is InChI=1S/C13H15N5O2S2/c1-7-3-4-9(8(2)5-7)15-12-17-18-13(22-12)21-6-10(19)16-11(14)20/h3-5H,6H2,1-2H3,(H,15,17)(H3,14,16,19,20). The molecule has 7 nitrogen and oxygen atoms in total. The molecule has 2 rings (SSSR count). The highest BCUT2D eigenvalue weighted by molar-refractivity contribution is 8.01. The minimum absolute atomic E-state index is 0.0567. The van der Waals surface area contributed by atoms with E-state index in [0.29, 0.717) is 9.47 Å². The topological polar surface area (TPSA) is 110 Å². The number of amides is 3. The third kappa shape index (κ3) is 4.71. The molecule has 0 saturated carbocycles. The second kappa shape index (κ2) is 7.23. The summed E-state index contributed by atoms with van der Waals surface area (Å²) in [6, 6.07) is 5.21. The maximum atomic E-state index is 11.3. The predicted molar refractivity (Wildman–Crippen MR) is 87.6 cm³/mol. The zero-order valence-electron chi connectivity index (χ0n) is 12.0. The van der Waals surface area contributed by atoms with Crippen LogP contribution in [-0.2, 0) is 4.79 Å². The Balaban J connectivity index is 1.94. The number of benzene rings is 1. The molecule has 2 aromatic rings. The van der Waals surface area contributed by atoms with Crippen molar-refractivity contribution in [3.63, 3.8) is 0 Å². The van der Waals surface area contributed by atoms with E-state index in [1.165, 1.54) is 28.7 Å². The van der Waals surface area contributed by atoms with Gasteiger partial charge in [0.05, 0.1) is 5.75 Å². The van der Waals surface area contributed by atoms with Crippen LogP contribution in [0.5, 0.6) is 0 Å². The number of imide groups is 1. The average Bonchev–Trinajstić information content (AvgIpc) is 2.87. The maximum Gasteiger partial charge on any atom is 0.318 e. The van der Waals surface area contributed by atoms with E-state index >= 15 is 0 Å². The van der Waals surface area contributed by atoms with E-state index in [9.17, 15) is 9.59 Å². The van der Waals surface area contributed by atoms with Crippen LogP contribution in [0.1, 0.15) is 11.1 Å². The SMILES string of the molecule is Cc1ccc(Nc2nnc(SCC(=O)NC(N)=O)s2)c(C)c1. The summed E-state index contributed by atoms with van der Waals surface area (Å²) >= 11 is 2.53. The summed E-state index contributed by atoms with van der Waals surface area (Å²) in [5.74, 6) is -0.405. The normalized spacial score (nSPS) is 10.3. The van der Waals surface area contributed by atoms with E-state index in [-0.39, 0.29) is 5.75 Å². The summed E-state index contributed by atoms with van der Waals surface area (Å²) in [5, 5.41) is 13.8. The molecule has 116 valence electrons. The molecule has 0 saturated heterocycles. The molecule has 22 heavy (non-hydrogen) atoms. The lowest BCUT2D eigenvalue weighted by Crippen LogP contribution is -2.36. The third-order valence-corrected chi connectivity index (χ3v) is 4.59. The summed E-state index contributed by atoms with van der Waals surface area (Å²) in [6.45, 7) is 4.05. The van der Waals surface area contributed by atoms with Crippen LogP contribution < -0.4 is 16.4 Å². The van der Waals surface area contributed by atoms with Crippen LogP contribution in [0.2, 0.25) is 0 Å². The number of rotatable bonds is 5. The van der Waals surface area contributed by atoms with Crippen LogP contribution in [0.25, 0.3) is 0 Å². The molecule has 0 aliphatic heterocycles. The predicted octanol–water partition coefficient (Wildman–Crippen LogP) is 2.19. The first kappa shape index (κ1) is 16.2. The zero-order chi connectivity index (χ0) is 16.1. The van der Waals surface area contributed by atoms with Crippen molar-refractivity contribution in [2.75, 3.05) is 11.1 Å². The molecule has 0 spiro atoms. The number of urea groups is 1. The largest absolute Gasteiger partial charge is 0.351 e. The minimum atomic E-state index is -0.861. The van der Waals surface area contributed by atoms with Gasteiger partial charge in [-0.05, 0) is 25.5 Å². The quantitative estimate of drug-likeness (QED) is 0.721. The molecule has 3 amide bonds. The van der Waals surface area contributed by atoms with Gasteiger partial charge in [0, 0.05) is 5.69 Å². The first-order chi connectivity index (χ1) is 10.4. The molecular formula is C13H15N5O2S2. The fourth-order valence-corrected chi connectivity index (χ4v) is 3.25. The molecule has 0 bridgehead atoms. The number of hydrogen-bond donors (Lipinski definition) is 3. The molecule has 4 N–H and O–H groups in total. The van der Waals surface area contributed by atoms with Crippen molar-refractivity contribution in [2.24, 2.45) is 5.73 Å². The highest BCUT2D eigenvalue weighted by Crippen LogP contribution is 2.28. The molecule has 1 heterocycles. The van der Waals surface area contributed by atoms with Gasteiger partial charge in [0.15, 0.2) is 4.34 Å². The Hall–Kier alpha value is -2.13. The highest BCUT2D eigenvalue weighted by Gasteiger charge is 2.10. The molecule has 1 aromatic carbocycles. The lowest BCUT2D eigenvalue weighted by atomic mass is 10.1. The minimum Gasteiger partial charge on any atom is -0.351 e. The Morgan fingerprint density at radius 3 is 2.77 bits per heavy atom. The van der Waals surface area contributed by atoms with Gasteiger partial charge >= 0.3 is 6.03 Å². The Bertz CT molecular complexity index is 701. The van der Waals surface area contributed by atoms with Crippen molar-refractivity contribution in [1.82, 2.24) is 15.5 Å². The van der Waals surface area contributed by atoms with Crippen molar-refractivity contribution in [1.29, 1.82) is 0 Å². The fraction of sp³-hybridized carbons (Fsp3) is 0.231. The molecule has 0 fully saturated rings. The van der Waals surface area contributed by atoms with E-state index in [2.05, 4.69) is 21.6 Å². The molecule has 0 aliphatic carbocycles. The number of hydrogen-bond acceptors (Lipinski definition) is 7. The van der Waals surface area contributed by atoms with Crippen LogP contribution in [0.4, 0.5) is 15.6 Å².